The quantitative estimate of drug-likeness (QED) is 0.790. The lowest BCUT2D eigenvalue weighted by Gasteiger charge is -2.04. The highest BCUT2D eigenvalue weighted by Crippen LogP contribution is 2.24. The molecule has 0 saturated carbocycles. The Hall–Kier alpha value is -1.23. The zero-order valence-corrected chi connectivity index (χ0v) is 12.1. The van der Waals surface area contributed by atoms with Crippen LogP contribution in [-0.2, 0) is 17.8 Å². The Bertz CT molecular complexity index is 510. The van der Waals surface area contributed by atoms with Gasteiger partial charge in [-0.15, -0.1) is 11.3 Å². The van der Waals surface area contributed by atoms with E-state index in [1.165, 1.54) is 5.56 Å². The highest BCUT2D eigenvalue weighted by molar-refractivity contribution is 7.13. The van der Waals surface area contributed by atoms with E-state index >= 15 is 0 Å². The second-order valence-corrected chi connectivity index (χ2v) is 5.29. The Morgan fingerprint density at radius 3 is 3.05 bits per heavy atom. The number of benzene rings is 1. The fourth-order valence-corrected chi connectivity index (χ4v) is 2.68. The molecule has 0 amide bonds. The fourth-order valence-electron chi connectivity index (χ4n) is 1.83. The van der Waals surface area contributed by atoms with Crippen molar-refractivity contribution in [3.63, 3.8) is 0 Å². The van der Waals surface area contributed by atoms with E-state index in [0.717, 1.165) is 35.7 Å². The summed E-state index contributed by atoms with van der Waals surface area (Å²) in [5.74, 6) is 0. The van der Waals surface area contributed by atoms with Crippen LogP contribution >= 0.6 is 11.3 Å². The van der Waals surface area contributed by atoms with Gasteiger partial charge in [0, 0.05) is 24.0 Å². The average molecular weight is 276 g/mol. The molecule has 0 aliphatic heterocycles. The Balaban J connectivity index is 2.08. The largest absolute Gasteiger partial charge is 0.377 e. The van der Waals surface area contributed by atoms with Crippen LogP contribution in [0.25, 0.3) is 10.6 Å². The van der Waals surface area contributed by atoms with E-state index in [9.17, 15) is 0 Å². The molecule has 1 heterocycles. The Morgan fingerprint density at radius 2 is 2.26 bits per heavy atom. The number of rotatable bonds is 7. The first-order valence-electron chi connectivity index (χ1n) is 6.65. The number of ether oxygens (including phenoxy) is 1. The molecule has 4 heteroatoms. The summed E-state index contributed by atoms with van der Waals surface area (Å²) >= 11 is 1.67. The van der Waals surface area contributed by atoms with Gasteiger partial charge in [0.05, 0.1) is 12.3 Å². The van der Waals surface area contributed by atoms with Gasteiger partial charge in [-0.1, -0.05) is 25.1 Å². The SMILES string of the molecule is CCCOCc1cccc(-c2nc(CCN)cs2)c1. The lowest BCUT2D eigenvalue weighted by atomic mass is 10.1. The van der Waals surface area contributed by atoms with Crippen LogP contribution in [0.15, 0.2) is 29.6 Å². The monoisotopic (exact) mass is 276 g/mol. The Labute approximate surface area is 118 Å². The highest BCUT2D eigenvalue weighted by Gasteiger charge is 2.05. The lowest BCUT2D eigenvalue weighted by molar-refractivity contribution is 0.121. The van der Waals surface area contributed by atoms with Crippen LogP contribution in [0.1, 0.15) is 24.6 Å². The number of nitrogens with two attached hydrogens (primary N) is 1. The molecule has 1 aromatic carbocycles. The standard InChI is InChI=1S/C15H20N2OS/c1-2-8-18-10-12-4-3-5-13(9-12)15-17-14(6-7-16)11-19-15/h3-5,9,11H,2,6-8,10,16H2,1H3. The third-order valence-electron chi connectivity index (χ3n) is 2.74. The first-order valence-corrected chi connectivity index (χ1v) is 7.53. The van der Waals surface area contributed by atoms with Crippen molar-refractivity contribution in [2.45, 2.75) is 26.4 Å². The first kappa shape index (κ1) is 14.2. The predicted molar refractivity (Wildman–Crippen MR) is 80.3 cm³/mol. The summed E-state index contributed by atoms with van der Waals surface area (Å²) in [6.45, 7) is 4.24. The van der Waals surface area contributed by atoms with E-state index in [4.69, 9.17) is 10.5 Å². The lowest BCUT2D eigenvalue weighted by Crippen LogP contribution is -2.02. The molecule has 1 aromatic heterocycles. The minimum absolute atomic E-state index is 0.647. The molecule has 102 valence electrons. The molecule has 0 aliphatic carbocycles. The molecule has 2 N–H and O–H groups in total. The summed E-state index contributed by atoms with van der Waals surface area (Å²) in [6, 6.07) is 8.40. The van der Waals surface area contributed by atoms with Crippen molar-refractivity contribution in [1.29, 1.82) is 0 Å². The molecule has 3 nitrogen and oxygen atoms in total. The summed E-state index contributed by atoms with van der Waals surface area (Å²) < 4.78 is 5.57. The molecule has 0 saturated heterocycles. The van der Waals surface area contributed by atoms with Gasteiger partial charge in [0.2, 0.25) is 0 Å². The molecular formula is C15H20N2OS. The predicted octanol–water partition coefficient (Wildman–Crippen LogP) is 3.24. The van der Waals surface area contributed by atoms with Gasteiger partial charge in [0.15, 0.2) is 0 Å². The molecule has 0 fully saturated rings. The van der Waals surface area contributed by atoms with Crippen LogP contribution in [0, 0.1) is 0 Å². The van der Waals surface area contributed by atoms with Crippen LogP contribution < -0.4 is 5.73 Å². The summed E-state index contributed by atoms with van der Waals surface area (Å²) in [7, 11) is 0. The van der Waals surface area contributed by atoms with Gasteiger partial charge in [0.1, 0.15) is 5.01 Å². The van der Waals surface area contributed by atoms with Crippen LogP contribution in [0.3, 0.4) is 0 Å². The van der Waals surface area contributed by atoms with Crippen molar-refractivity contribution < 1.29 is 4.74 Å². The van der Waals surface area contributed by atoms with Crippen molar-refractivity contribution in [2.75, 3.05) is 13.2 Å². The molecule has 0 radical (unpaired) electrons. The van der Waals surface area contributed by atoms with Crippen molar-refractivity contribution in [3.05, 3.63) is 40.9 Å². The van der Waals surface area contributed by atoms with Crippen LogP contribution in [0.4, 0.5) is 0 Å². The number of thiazole rings is 1. The van der Waals surface area contributed by atoms with Gasteiger partial charge < -0.3 is 10.5 Å². The van der Waals surface area contributed by atoms with Gasteiger partial charge >= 0.3 is 0 Å². The van der Waals surface area contributed by atoms with Crippen LogP contribution in [0.2, 0.25) is 0 Å². The molecule has 0 unspecified atom stereocenters. The molecule has 0 bridgehead atoms. The first-order chi connectivity index (χ1) is 9.33. The molecule has 2 aromatic rings. The van der Waals surface area contributed by atoms with Crippen molar-refractivity contribution in [2.24, 2.45) is 5.73 Å². The molecule has 0 atom stereocenters. The van der Waals surface area contributed by atoms with Crippen molar-refractivity contribution in [1.82, 2.24) is 4.98 Å². The van der Waals surface area contributed by atoms with Gasteiger partial charge in [-0.2, -0.15) is 0 Å². The summed E-state index contributed by atoms with van der Waals surface area (Å²) in [5.41, 5.74) is 8.98. The number of hydrogen-bond acceptors (Lipinski definition) is 4. The molecular weight excluding hydrogens is 256 g/mol. The van der Waals surface area contributed by atoms with E-state index in [-0.39, 0.29) is 0 Å². The molecule has 0 aliphatic rings. The van der Waals surface area contributed by atoms with Crippen LogP contribution in [-0.4, -0.2) is 18.1 Å². The van der Waals surface area contributed by atoms with Crippen molar-refractivity contribution >= 4 is 11.3 Å². The van der Waals surface area contributed by atoms with Gasteiger partial charge in [-0.3, -0.25) is 0 Å². The van der Waals surface area contributed by atoms with Gasteiger partial charge in [-0.25, -0.2) is 4.98 Å². The summed E-state index contributed by atoms with van der Waals surface area (Å²) in [6.07, 6.45) is 1.89. The minimum Gasteiger partial charge on any atom is -0.377 e. The summed E-state index contributed by atoms with van der Waals surface area (Å²) in [4.78, 5) is 4.61. The van der Waals surface area contributed by atoms with Gasteiger partial charge in [0.25, 0.3) is 0 Å². The van der Waals surface area contributed by atoms with Crippen LogP contribution in [0.5, 0.6) is 0 Å². The zero-order chi connectivity index (χ0) is 13.5. The Morgan fingerprint density at radius 1 is 1.37 bits per heavy atom. The normalized spacial score (nSPS) is 10.8. The maximum Gasteiger partial charge on any atom is 0.123 e. The maximum atomic E-state index is 5.57. The molecule has 19 heavy (non-hydrogen) atoms. The second-order valence-electron chi connectivity index (χ2n) is 4.44. The second kappa shape index (κ2) is 7.38. The topological polar surface area (TPSA) is 48.1 Å². The number of hydrogen-bond donors (Lipinski definition) is 1. The van der Waals surface area contributed by atoms with E-state index in [0.29, 0.717) is 13.2 Å². The number of aromatic nitrogens is 1. The van der Waals surface area contributed by atoms with E-state index in [2.05, 4.69) is 41.6 Å². The minimum atomic E-state index is 0.647. The molecule has 0 spiro atoms. The third-order valence-corrected chi connectivity index (χ3v) is 3.68. The smallest absolute Gasteiger partial charge is 0.123 e. The average Bonchev–Trinajstić information content (AvgIpc) is 2.89. The third kappa shape index (κ3) is 4.13. The number of nitrogens with zero attached hydrogens (tertiary/aromatic N) is 1. The zero-order valence-electron chi connectivity index (χ0n) is 11.3. The fraction of sp³-hybridized carbons (Fsp3) is 0.400. The van der Waals surface area contributed by atoms with Gasteiger partial charge in [-0.05, 0) is 24.6 Å². The molecule has 2 rings (SSSR count). The summed E-state index contributed by atoms with van der Waals surface area (Å²) in [5, 5.41) is 3.14. The maximum absolute atomic E-state index is 5.57. The van der Waals surface area contributed by atoms with Crippen molar-refractivity contribution in [3.8, 4) is 10.6 Å². The van der Waals surface area contributed by atoms with E-state index in [1.54, 1.807) is 11.3 Å². The van der Waals surface area contributed by atoms with E-state index in [1.807, 2.05) is 0 Å². The Kier molecular flexibility index (Phi) is 5.51. The van der Waals surface area contributed by atoms with E-state index < -0.39 is 0 Å². The highest BCUT2D eigenvalue weighted by atomic mass is 32.1.